The van der Waals surface area contributed by atoms with Crippen LogP contribution in [0.25, 0.3) is 67.5 Å². The number of methoxy groups -OCH3 is 3. The van der Waals surface area contributed by atoms with E-state index in [4.69, 9.17) is 29.2 Å². The molecule has 234 valence electrons. The van der Waals surface area contributed by atoms with Crippen molar-refractivity contribution in [2.75, 3.05) is 21.3 Å². The molecule has 0 aliphatic rings. The molecular formula is C39H30N6O3. The zero-order valence-electron chi connectivity index (χ0n) is 26.5. The molecule has 7 aromatic rings. The Labute approximate surface area is 278 Å². The first-order valence-corrected chi connectivity index (χ1v) is 15.2. The molecule has 0 spiro atoms. The molecule has 7 rings (SSSR count). The maximum Gasteiger partial charge on any atom is 0.212 e. The van der Waals surface area contributed by atoms with Gasteiger partial charge in [0.2, 0.25) is 17.6 Å². The summed E-state index contributed by atoms with van der Waals surface area (Å²) in [5.41, 5.74) is 8.34. The van der Waals surface area contributed by atoms with Gasteiger partial charge in [0.1, 0.15) is 0 Å². The van der Waals surface area contributed by atoms with Gasteiger partial charge in [-0.3, -0.25) is 0 Å². The summed E-state index contributed by atoms with van der Waals surface area (Å²) < 4.78 is 15.7. The average molecular weight is 631 g/mol. The van der Waals surface area contributed by atoms with Crippen molar-refractivity contribution < 1.29 is 14.2 Å². The molecule has 0 amide bonds. The summed E-state index contributed by atoms with van der Waals surface area (Å²) in [6.45, 7) is 0. The third-order valence-corrected chi connectivity index (χ3v) is 7.83. The van der Waals surface area contributed by atoms with Crippen LogP contribution in [0.3, 0.4) is 0 Å². The minimum Gasteiger partial charge on any atom is -0.481 e. The Balaban J connectivity index is 1.34. The zero-order valence-corrected chi connectivity index (χ0v) is 26.5. The smallest absolute Gasteiger partial charge is 0.212 e. The van der Waals surface area contributed by atoms with Crippen LogP contribution in [0.2, 0.25) is 0 Å². The van der Waals surface area contributed by atoms with Gasteiger partial charge < -0.3 is 14.2 Å². The summed E-state index contributed by atoms with van der Waals surface area (Å²) in [5, 5.41) is 0. The predicted molar refractivity (Wildman–Crippen MR) is 185 cm³/mol. The molecule has 0 fully saturated rings. The Morgan fingerprint density at radius 2 is 0.625 bits per heavy atom. The van der Waals surface area contributed by atoms with Crippen molar-refractivity contribution in [3.63, 3.8) is 0 Å². The van der Waals surface area contributed by atoms with Gasteiger partial charge in [-0.2, -0.15) is 0 Å². The highest BCUT2D eigenvalue weighted by molar-refractivity contribution is 5.76. The molecule has 48 heavy (non-hydrogen) atoms. The lowest BCUT2D eigenvalue weighted by Gasteiger charge is -2.11. The van der Waals surface area contributed by atoms with E-state index in [2.05, 4.69) is 33.2 Å². The Kier molecular flexibility index (Phi) is 8.48. The van der Waals surface area contributed by atoms with E-state index >= 15 is 0 Å². The van der Waals surface area contributed by atoms with Crippen LogP contribution in [-0.4, -0.2) is 51.2 Å². The van der Waals surface area contributed by atoms with Gasteiger partial charge in [0.15, 0.2) is 17.5 Å². The molecule has 0 saturated heterocycles. The average Bonchev–Trinajstić information content (AvgIpc) is 3.18. The standard InChI is InChI=1S/C39H30N6O3/c1-46-34-16-13-31(22-40-34)25-7-4-10-28(19-25)37-43-38(29-11-5-8-26(20-29)32-14-17-35(47-2)41-23-32)45-39(44-37)30-12-6-9-27(21-30)33-15-18-36(48-3)42-24-33/h4-24H,1-3H3. The SMILES string of the molecule is COc1ccc(-c2cccc(-c3nc(-c4cccc(-c5ccc(OC)nc5)c4)nc(-c4cccc(-c5ccc(OC)nc5)c4)n3)c2)cn1. The number of benzene rings is 3. The number of rotatable bonds is 9. The van der Waals surface area contributed by atoms with Crippen LogP contribution in [-0.2, 0) is 0 Å². The van der Waals surface area contributed by atoms with Gasteiger partial charge >= 0.3 is 0 Å². The molecule has 4 heterocycles. The second-order valence-electron chi connectivity index (χ2n) is 10.8. The van der Waals surface area contributed by atoms with Crippen molar-refractivity contribution in [2.45, 2.75) is 0 Å². The lowest BCUT2D eigenvalue weighted by atomic mass is 10.0. The fraction of sp³-hybridized carbons (Fsp3) is 0.0769. The number of hydrogen-bond acceptors (Lipinski definition) is 9. The van der Waals surface area contributed by atoms with E-state index in [0.29, 0.717) is 35.1 Å². The van der Waals surface area contributed by atoms with Crippen LogP contribution in [0.5, 0.6) is 17.6 Å². The van der Waals surface area contributed by atoms with E-state index in [0.717, 1.165) is 50.1 Å². The molecule has 0 atom stereocenters. The minimum atomic E-state index is 0.548. The third kappa shape index (κ3) is 6.43. The summed E-state index contributed by atoms with van der Waals surface area (Å²) in [6.07, 6.45) is 5.38. The van der Waals surface area contributed by atoms with E-state index in [1.165, 1.54) is 0 Å². The molecule has 0 aliphatic heterocycles. The fourth-order valence-electron chi connectivity index (χ4n) is 5.29. The fourth-order valence-corrected chi connectivity index (χ4v) is 5.29. The lowest BCUT2D eigenvalue weighted by Crippen LogP contribution is -2.00. The highest BCUT2D eigenvalue weighted by Gasteiger charge is 2.15. The molecular weight excluding hydrogens is 600 g/mol. The molecule has 0 bridgehead atoms. The maximum atomic E-state index is 5.25. The van der Waals surface area contributed by atoms with E-state index in [1.54, 1.807) is 39.9 Å². The van der Waals surface area contributed by atoms with Crippen molar-refractivity contribution in [3.05, 3.63) is 128 Å². The second kappa shape index (κ2) is 13.5. The molecule has 0 aliphatic carbocycles. The summed E-state index contributed by atoms with van der Waals surface area (Å²) in [7, 11) is 4.81. The van der Waals surface area contributed by atoms with Crippen molar-refractivity contribution in [1.82, 2.24) is 29.9 Å². The van der Waals surface area contributed by atoms with Crippen LogP contribution in [0.15, 0.2) is 128 Å². The Morgan fingerprint density at radius 1 is 0.333 bits per heavy atom. The summed E-state index contributed by atoms with van der Waals surface area (Å²) in [6, 6.07) is 35.8. The summed E-state index contributed by atoms with van der Waals surface area (Å²) >= 11 is 0. The second-order valence-corrected chi connectivity index (χ2v) is 10.8. The summed E-state index contributed by atoms with van der Waals surface area (Å²) in [4.78, 5) is 28.2. The first-order chi connectivity index (χ1) is 23.6. The van der Waals surface area contributed by atoms with E-state index in [9.17, 15) is 0 Å². The Bertz CT molecular complexity index is 1930. The van der Waals surface area contributed by atoms with E-state index in [1.807, 2.05) is 91.0 Å². The predicted octanol–water partition coefficient (Wildman–Crippen LogP) is 8.08. The van der Waals surface area contributed by atoms with Crippen molar-refractivity contribution in [3.8, 4) is 85.2 Å². The molecule has 9 nitrogen and oxygen atoms in total. The zero-order chi connectivity index (χ0) is 32.9. The van der Waals surface area contributed by atoms with Crippen LogP contribution in [0, 0.1) is 0 Å². The molecule has 3 aromatic carbocycles. The highest BCUT2D eigenvalue weighted by Crippen LogP contribution is 2.32. The normalized spacial score (nSPS) is 10.8. The molecule has 0 unspecified atom stereocenters. The Morgan fingerprint density at radius 3 is 0.875 bits per heavy atom. The quantitative estimate of drug-likeness (QED) is 0.156. The van der Waals surface area contributed by atoms with Gasteiger partial charge in [-0.15, -0.1) is 0 Å². The van der Waals surface area contributed by atoms with Crippen molar-refractivity contribution >= 4 is 0 Å². The largest absolute Gasteiger partial charge is 0.481 e. The van der Waals surface area contributed by atoms with Crippen LogP contribution in [0.4, 0.5) is 0 Å². The van der Waals surface area contributed by atoms with Gasteiger partial charge in [0.25, 0.3) is 0 Å². The van der Waals surface area contributed by atoms with Gasteiger partial charge in [-0.25, -0.2) is 29.9 Å². The van der Waals surface area contributed by atoms with Crippen molar-refractivity contribution in [2.24, 2.45) is 0 Å². The first kappa shape index (κ1) is 30.2. The number of hydrogen-bond donors (Lipinski definition) is 0. The first-order valence-electron chi connectivity index (χ1n) is 15.2. The van der Waals surface area contributed by atoms with Gasteiger partial charge in [-0.05, 0) is 53.1 Å². The maximum absolute atomic E-state index is 5.25. The van der Waals surface area contributed by atoms with E-state index < -0.39 is 0 Å². The number of pyridine rings is 3. The number of nitrogens with zero attached hydrogens (tertiary/aromatic N) is 6. The van der Waals surface area contributed by atoms with Gasteiger partial charge in [-0.1, -0.05) is 54.6 Å². The molecule has 0 N–H and O–H groups in total. The molecule has 4 aromatic heterocycles. The van der Waals surface area contributed by atoms with Gasteiger partial charge in [0, 0.05) is 70.2 Å². The summed E-state index contributed by atoms with van der Waals surface area (Å²) in [5.74, 6) is 3.31. The topological polar surface area (TPSA) is 105 Å². The number of aromatic nitrogens is 6. The van der Waals surface area contributed by atoms with Crippen LogP contribution in [0.1, 0.15) is 0 Å². The molecule has 0 radical (unpaired) electrons. The minimum absolute atomic E-state index is 0.548. The molecule has 9 heteroatoms. The highest BCUT2D eigenvalue weighted by atomic mass is 16.5. The monoisotopic (exact) mass is 630 g/mol. The van der Waals surface area contributed by atoms with Crippen molar-refractivity contribution in [1.29, 1.82) is 0 Å². The van der Waals surface area contributed by atoms with Gasteiger partial charge in [0.05, 0.1) is 21.3 Å². The lowest BCUT2D eigenvalue weighted by molar-refractivity contribution is 0.398. The van der Waals surface area contributed by atoms with Crippen LogP contribution >= 0.6 is 0 Å². The number of ether oxygens (including phenoxy) is 3. The van der Waals surface area contributed by atoms with Crippen LogP contribution < -0.4 is 14.2 Å². The third-order valence-electron chi connectivity index (χ3n) is 7.83. The Hall–Kier alpha value is -6.48. The molecule has 0 saturated carbocycles. The van der Waals surface area contributed by atoms with E-state index in [-0.39, 0.29) is 0 Å².